The first-order chi connectivity index (χ1) is 10.6. The van der Waals surface area contributed by atoms with Gasteiger partial charge in [-0.1, -0.05) is 25.3 Å². The fourth-order valence-electron chi connectivity index (χ4n) is 3.23. The van der Waals surface area contributed by atoms with Gasteiger partial charge in [-0.3, -0.25) is 0 Å². The summed E-state index contributed by atoms with van der Waals surface area (Å²) in [6.45, 7) is 5.48. The zero-order valence-electron chi connectivity index (χ0n) is 13.5. The first-order valence-electron chi connectivity index (χ1n) is 8.14. The highest BCUT2D eigenvalue weighted by atomic mass is 32.2. The van der Waals surface area contributed by atoms with E-state index in [4.69, 9.17) is 4.74 Å². The summed E-state index contributed by atoms with van der Waals surface area (Å²) in [6, 6.07) is 6.22. The second kappa shape index (κ2) is 8.53. The summed E-state index contributed by atoms with van der Waals surface area (Å²) >= 11 is 0. The molecule has 0 aromatic heterocycles. The van der Waals surface area contributed by atoms with E-state index in [-0.39, 0.29) is 0 Å². The second-order valence-corrected chi connectivity index (χ2v) is 7.15. The van der Waals surface area contributed by atoms with Gasteiger partial charge in [0.15, 0.2) is 0 Å². The molecule has 2 rings (SSSR count). The minimum atomic E-state index is -2.47. The molecule has 0 bridgehead atoms. The van der Waals surface area contributed by atoms with Gasteiger partial charge >= 0.3 is 0 Å². The van der Waals surface area contributed by atoms with Crippen molar-refractivity contribution in [1.82, 2.24) is 4.72 Å². The predicted molar refractivity (Wildman–Crippen MR) is 89.8 cm³/mol. The van der Waals surface area contributed by atoms with Gasteiger partial charge in [0, 0.05) is 6.54 Å². The molecule has 0 amide bonds. The quantitative estimate of drug-likeness (QED) is 0.758. The van der Waals surface area contributed by atoms with Gasteiger partial charge in [0.1, 0.15) is 5.75 Å². The topological polar surface area (TPSA) is 55.4 Å². The molecule has 1 aliphatic rings. The number of ether oxygens (including phenoxy) is 1. The van der Waals surface area contributed by atoms with E-state index < -0.39 is 10.9 Å². The first-order valence-corrected chi connectivity index (χ1v) is 9.32. The average Bonchev–Trinajstić information content (AvgIpc) is 2.49. The van der Waals surface area contributed by atoms with Crippen molar-refractivity contribution in [2.24, 2.45) is 11.8 Å². The molecule has 5 heteroatoms. The molecule has 2 unspecified atom stereocenters. The van der Waals surface area contributed by atoms with Crippen molar-refractivity contribution in [3.05, 3.63) is 29.3 Å². The third kappa shape index (κ3) is 5.29. The third-order valence-corrected chi connectivity index (χ3v) is 5.25. The summed E-state index contributed by atoms with van der Waals surface area (Å²) < 4.78 is 29.7. The van der Waals surface area contributed by atoms with Crippen molar-refractivity contribution >= 4 is 10.9 Å². The third-order valence-electron chi connectivity index (χ3n) is 4.76. The Morgan fingerprint density at radius 2 is 1.86 bits per heavy atom. The van der Waals surface area contributed by atoms with Crippen LogP contribution in [0.2, 0.25) is 0 Å². The summed E-state index contributed by atoms with van der Waals surface area (Å²) in [4.78, 5) is 0. The molecule has 0 spiro atoms. The van der Waals surface area contributed by atoms with Gasteiger partial charge in [0.05, 0.1) is 6.61 Å². The van der Waals surface area contributed by atoms with Crippen LogP contribution in [0.5, 0.6) is 5.75 Å². The van der Waals surface area contributed by atoms with Gasteiger partial charge in [-0.25, -0.2) is 13.1 Å². The van der Waals surface area contributed by atoms with E-state index >= 15 is 0 Å². The number of nitrogens with one attached hydrogen (secondary N) is 1. The molecule has 0 heterocycles. The Morgan fingerprint density at radius 1 is 1.14 bits per heavy atom. The zero-order chi connectivity index (χ0) is 15.9. The summed E-state index contributed by atoms with van der Waals surface area (Å²) in [7, 11) is -2.47. The Bertz CT molecular complexity index is 549. The lowest BCUT2D eigenvalue weighted by atomic mass is 9.78. The normalized spacial score (nSPS) is 22.0. The lowest BCUT2D eigenvalue weighted by Gasteiger charge is -2.31. The maximum Gasteiger partial charge on any atom is 0.201 e. The monoisotopic (exact) mass is 325 g/mol. The van der Waals surface area contributed by atoms with Crippen LogP contribution in [0.3, 0.4) is 0 Å². The molecule has 1 aromatic carbocycles. The number of aryl methyl sites for hydroxylation is 2. The zero-order valence-corrected chi connectivity index (χ0v) is 14.4. The summed E-state index contributed by atoms with van der Waals surface area (Å²) in [6.07, 6.45) is 5.76. The van der Waals surface area contributed by atoms with Crippen molar-refractivity contribution in [1.29, 1.82) is 0 Å². The van der Waals surface area contributed by atoms with E-state index in [1.165, 1.54) is 36.8 Å². The summed E-state index contributed by atoms with van der Waals surface area (Å²) in [5.41, 5.74) is 2.53. The largest absolute Gasteiger partial charge is 0.493 e. The number of rotatable bonds is 7. The maximum absolute atomic E-state index is 10.6. The molecular weight excluding hydrogens is 298 g/mol. The van der Waals surface area contributed by atoms with Gasteiger partial charge < -0.3 is 4.74 Å². The van der Waals surface area contributed by atoms with Crippen molar-refractivity contribution in [3.63, 3.8) is 0 Å². The minimum absolute atomic E-state index is 0.529. The van der Waals surface area contributed by atoms with Crippen LogP contribution in [0.15, 0.2) is 18.2 Å². The van der Waals surface area contributed by atoms with Crippen LogP contribution in [0.25, 0.3) is 0 Å². The molecule has 1 N–H and O–H groups in total. The van der Waals surface area contributed by atoms with Gasteiger partial charge in [-0.15, -0.1) is 0 Å². The Hall–Kier alpha value is -1.07. The lowest BCUT2D eigenvalue weighted by Crippen LogP contribution is -2.28. The molecule has 1 saturated carbocycles. The van der Waals surface area contributed by atoms with Crippen molar-refractivity contribution in [2.75, 3.05) is 13.2 Å². The molecule has 22 heavy (non-hydrogen) atoms. The Kier molecular flexibility index (Phi) is 6.70. The van der Waals surface area contributed by atoms with Crippen LogP contribution in [0, 0.1) is 25.7 Å². The number of thiol groups is 1. The highest BCUT2D eigenvalue weighted by Crippen LogP contribution is 2.32. The first kappa shape index (κ1) is 17.3. The van der Waals surface area contributed by atoms with Crippen LogP contribution in [0.4, 0.5) is 0 Å². The van der Waals surface area contributed by atoms with Crippen LogP contribution in [0.1, 0.15) is 43.2 Å². The summed E-state index contributed by atoms with van der Waals surface area (Å²) in [5.74, 6) is 2.03. The minimum Gasteiger partial charge on any atom is -0.493 e. The molecule has 124 valence electrons. The SMILES string of the molecule is Cc1ccc(OCC2CCCCC2CCN[SH](=O)=O)cc1C. The van der Waals surface area contributed by atoms with E-state index in [9.17, 15) is 8.42 Å². The van der Waals surface area contributed by atoms with Gasteiger partial charge in [0.2, 0.25) is 10.9 Å². The highest BCUT2D eigenvalue weighted by Gasteiger charge is 2.25. The molecule has 1 aromatic rings. The highest BCUT2D eigenvalue weighted by molar-refractivity contribution is 7.70. The smallest absolute Gasteiger partial charge is 0.201 e. The van der Waals surface area contributed by atoms with Gasteiger partial charge in [-0.2, -0.15) is 0 Å². The second-order valence-electron chi connectivity index (χ2n) is 6.32. The van der Waals surface area contributed by atoms with Crippen molar-refractivity contribution in [2.45, 2.75) is 46.0 Å². The maximum atomic E-state index is 10.6. The van der Waals surface area contributed by atoms with Crippen LogP contribution in [-0.2, 0) is 10.9 Å². The molecule has 0 radical (unpaired) electrons. The molecule has 1 aliphatic carbocycles. The van der Waals surface area contributed by atoms with Crippen molar-refractivity contribution < 1.29 is 13.2 Å². The van der Waals surface area contributed by atoms with E-state index in [2.05, 4.69) is 30.7 Å². The Morgan fingerprint density at radius 3 is 2.55 bits per heavy atom. The van der Waals surface area contributed by atoms with Crippen LogP contribution in [-0.4, -0.2) is 21.6 Å². The fourth-order valence-corrected chi connectivity index (χ4v) is 3.54. The molecule has 0 aliphatic heterocycles. The van der Waals surface area contributed by atoms with Gasteiger partial charge in [-0.05, 0) is 61.8 Å². The van der Waals surface area contributed by atoms with Crippen LogP contribution >= 0.6 is 0 Å². The standard InChI is InChI=1S/C17H27NO3S/c1-13-7-8-17(11-14(13)2)21-12-16-6-4-3-5-15(16)9-10-18-22(19)20/h7-8,11,15-16,22H,3-6,9-10,12H2,1-2H3,(H,18,19,20). The van der Waals surface area contributed by atoms with Crippen molar-refractivity contribution in [3.8, 4) is 5.75 Å². The molecule has 0 saturated heterocycles. The number of hydrogen-bond acceptors (Lipinski definition) is 3. The Balaban J connectivity index is 1.86. The summed E-state index contributed by atoms with van der Waals surface area (Å²) in [5, 5.41) is 0. The Labute approximate surface area is 135 Å². The van der Waals surface area contributed by atoms with E-state index in [1.54, 1.807) is 0 Å². The predicted octanol–water partition coefficient (Wildman–Crippen LogP) is 2.99. The molecule has 4 nitrogen and oxygen atoms in total. The lowest BCUT2D eigenvalue weighted by molar-refractivity contribution is 0.143. The van der Waals surface area contributed by atoms with E-state index in [1.807, 2.05) is 6.07 Å². The molecule has 1 fully saturated rings. The number of hydrogen-bond donors (Lipinski definition) is 2. The van der Waals surface area contributed by atoms with Gasteiger partial charge in [0.25, 0.3) is 0 Å². The van der Waals surface area contributed by atoms with E-state index in [0.717, 1.165) is 18.8 Å². The molecular formula is C17H27NO3S. The average molecular weight is 325 g/mol. The van der Waals surface area contributed by atoms with E-state index in [0.29, 0.717) is 18.4 Å². The fraction of sp³-hybridized carbons (Fsp3) is 0.647. The van der Waals surface area contributed by atoms with Crippen LogP contribution < -0.4 is 9.46 Å². The molecule has 2 atom stereocenters. The number of benzene rings is 1.